The summed E-state index contributed by atoms with van der Waals surface area (Å²) in [7, 11) is 0. The average molecular weight is 535 g/mol. The van der Waals surface area contributed by atoms with Gasteiger partial charge in [-0.05, 0) is 55.5 Å². The van der Waals surface area contributed by atoms with Crippen LogP contribution in [0.2, 0.25) is 0 Å². The highest BCUT2D eigenvalue weighted by Gasteiger charge is 2.34. The van der Waals surface area contributed by atoms with Gasteiger partial charge in [-0.15, -0.1) is 0 Å². The number of nitrogens with one attached hydrogen (secondary N) is 2. The Labute approximate surface area is 222 Å². The van der Waals surface area contributed by atoms with Crippen LogP contribution >= 0.6 is 0 Å². The third-order valence-electron chi connectivity index (χ3n) is 6.89. The predicted octanol–water partition coefficient (Wildman–Crippen LogP) is 5.47. The Hall–Kier alpha value is -4.54. The highest BCUT2D eigenvalue weighted by molar-refractivity contribution is 6.03. The molecule has 1 aliphatic heterocycles. The summed E-state index contributed by atoms with van der Waals surface area (Å²) in [4.78, 5) is 35.4. The number of aryl methyl sites for hydroxylation is 1. The van der Waals surface area contributed by atoms with E-state index in [2.05, 4.69) is 25.5 Å². The summed E-state index contributed by atoms with van der Waals surface area (Å²) in [5.74, 6) is -0.303. The number of anilines is 1. The van der Waals surface area contributed by atoms with Crippen molar-refractivity contribution < 1.29 is 22.8 Å². The molecule has 11 heteroatoms. The number of H-pyrrole nitrogens is 1. The second-order valence-electron chi connectivity index (χ2n) is 9.37. The van der Waals surface area contributed by atoms with Crippen molar-refractivity contribution in [3.8, 4) is 11.3 Å². The molecule has 0 bridgehead atoms. The fraction of sp³-hybridized carbons (Fsp3) is 0.250. The number of alkyl halides is 3. The van der Waals surface area contributed by atoms with Crippen LogP contribution in [0.5, 0.6) is 0 Å². The molecule has 2 amide bonds. The van der Waals surface area contributed by atoms with Crippen molar-refractivity contribution in [1.29, 1.82) is 0 Å². The highest BCUT2D eigenvalue weighted by atomic mass is 19.4. The summed E-state index contributed by atoms with van der Waals surface area (Å²) in [6.45, 7) is 3.03. The topological polar surface area (TPSA) is 104 Å². The van der Waals surface area contributed by atoms with Crippen LogP contribution in [0.3, 0.4) is 0 Å². The Kier molecular flexibility index (Phi) is 7.14. The van der Waals surface area contributed by atoms with Gasteiger partial charge in [-0.3, -0.25) is 14.7 Å². The van der Waals surface area contributed by atoms with Crippen molar-refractivity contribution in [3.63, 3.8) is 0 Å². The van der Waals surface area contributed by atoms with Gasteiger partial charge in [-0.25, -0.2) is 9.97 Å². The zero-order valence-corrected chi connectivity index (χ0v) is 21.0. The molecule has 2 N–H and O–H groups in total. The van der Waals surface area contributed by atoms with Gasteiger partial charge in [0.15, 0.2) is 0 Å². The minimum absolute atomic E-state index is 0.0307. The molecule has 0 aliphatic carbocycles. The van der Waals surface area contributed by atoms with Gasteiger partial charge in [-0.2, -0.15) is 18.3 Å². The zero-order valence-electron chi connectivity index (χ0n) is 21.0. The number of aromatic amines is 1. The summed E-state index contributed by atoms with van der Waals surface area (Å²) in [5, 5.41) is 9.19. The number of piperidine rings is 1. The van der Waals surface area contributed by atoms with E-state index in [-0.39, 0.29) is 28.8 Å². The smallest absolute Gasteiger partial charge is 0.339 e. The summed E-state index contributed by atoms with van der Waals surface area (Å²) in [5.41, 5.74) is 1.97. The molecule has 0 unspecified atom stereocenters. The van der Waals surface area contributed by atoms with Crippen molar-refractivity contribution in [1.82, 2.24) is 25.1 Å². The molecule has 8 nitrogen and oxygen atoms in total. The van der Waals surface area contributed by atoms with Gasteiger partial charge < -0.3 is 10.2 Å². The largest absolute Gasteiger partial charge is 0.417 e. The molecule has 1 saturated heterocycles. The first-order valence-electron chi connectivity index (χ1n) is 12.4. The predicted molar refractivity (Wildman–Crippen MR) is 138 cm³/mol. The Morgan fingerprint density at radius 2 is 1.77 bits per heavy atom. The van der Waals surface area contributed by atoms with Crippen LogP contribution in [0.25, 0.3) is 11.3 Å². The van der Waals surface area contributed by atoms with E-state index in [1.807, 2.05) is 17.0 Å². The molecule has 2 aromatic carbocycles. The van der Waals surface area contributed by atoms with E-state index in [1.54, 1.807) is 25.3 Å². The molecule has 39 heavy (non-hydrogen) atoms. The van der Waals surface area contributed by atoms with Gasteiger partial charge in [0, 0.05) is 30.5 Å². The lowest BCUT2D eigenvalue weighted by molar-refractivity contribution is -0.137. The van der Waals surface area contributed by atoms with Crippen molar-refractivity contribution in [2.24, 2.45) is 0 Å². The average Bonchev–Trinajstić information content (AvgIpc) is 3.44. The monoisotopic (exact) mass is 534 g/mol. The lowest BCUT2D eigenvalue weighted by atomic mass is 9.89. The van der Waals surface area contributed by atoms with Crippen LogP contribution in [-0.4, -0.2) is 50.0 Å². The molecule has 0 atom stereocenters. The molecule has 3 heterocycles. The molecule has 5 rings (SSSR count). The normalized spacial score (nSPS) is 14.3. The number of carbonyl (C=O) groups is 2. The first-order valence-corrected chi connectivity index (χ1v) is 12.4. The number of rotatable bonds is 5. The second kappa shape index (κ2) is 10.7. The summed E-state index contributed by atoms with van der Waals surface area (Å²) >= 11 is 0. The maximum atomic E-state index is 13.4. The number of likely N-dealkylation sites (tertiary alicyclic amines) is 1. The molecule has 1 fully saturated rings. The van der Waals surface area contributed by atoms with Crippen LogP contribution in [-0.2, 0) is 6.18 Å². The van der Waals surface area contributed by atoms with Crippen molar-refractivity contribution in [2.45, 2.75) is 31.9 Å². The summed E-state index contributed by atoms with van der Waals surface area (Å²) < 4.78 is 40.1. The third-order valence-corrected chi connectivity index (χ3v) is 6.89. The quantitative estimate of drug-likeness (QED) is 0.354. The Balaban J connectivity index is 1.19. The molecule has 2 aromatic heterocycles. The third kappa shape index (κ3) is 5.66. The van der Waals surface area contributed by atoms with Gasteiger partial charge in [0.05, 0.1) is 22.5 Å². The molecular weight excluding hydrogens is 509 g/mol. The number of nitrogens with zero attached hydrogens (tertiary/aromatic N) is 4. The number of amides is 2. The van der Waals surface area contributed by atoms with Gasteiger partial charge in [0.25, 0.3) is 11.8 Å². The van der Waals surface area contributed by atoms with Crippen LogP contribution in [0.4, 0.5) is 18.9 Å². The van der Waals surface area contributed by atoms with Crippen LogP contribution < -0.4 is 5.32 Å². The SMILES string of the molecule is Cc1ncncc1C(=O)N1CCC(c2ccc(NC(=O)c3cc(-c4ccccc4C(F)(F)F)n[nH]3)cc2)CC1. The Bertz CT molecular complexity index is 1490. The standard InChI is InChI=1S/C28H25F3N6O2/c1-17-22(15-32-16-33-17)27(39)37-12-10-19(11-13-37)18-6-8-20(9-7-18)34-26(38)25-14-24(35-36-25)21-4-2-3-5-23(21)28(29,30)31/h2-9,14-16,19H,10-13H2,1H3,(H,34,38)(H,35,36). The summed E-state index contributed by atoms with van der Waals surface area (Å²) in [6.07, 6.45) is 0.0481. The molecule has 4 aromatic rings. The van der Waals surface area contributed by atoms with E-state index in [1.165, 1.54) is 30.6 Å². The molecule has 0 saturated carbocycles. The lowest BCUT2D eigenvalue weighted by Gasteiger charge is -2.32. The van der Waals surface area contributed by atoms with E-state index in [0.717, 1.165) is 24.5 Å². The van der Waals surface area contributed by atoms with Crippen LogP contribution in [0.15, 0.2) is 67.1 Å². The molecule has 200 valence electrons. The second-order valence-corrected chi connectivity index (χ2v) is 9.37. The van der Waals surface area contributed by atoms with Crippen molar-refractivity contribution in [2.75, 3.05) is 18.4 Å². The van der Waals surface area contributed by atoms with E-state index in [9.17, 15) is 22.8 Å². The highest BCUT2D eigenvalue weighted by Crippen LogP contribution is 2.36. The number of benzene rings is 2. The van der Waals surface area contributed by atoms with E-state index in [4.69, 9.17) is 0 Å². The number of hydrogen-bond acceptors (Lipinski definition) is 5. The maximum Gasteiger partial charge on any atom is 0.417 e. The fourth-order valence-electron chi connectivity index (χ4n) is 4.75. The number of carbonyl (C=O) groups excluding carboxylic acids is 2. The van der Waals surface area contributed by atoms with Gasteiger partial charge in [0.1, 0.15) is 12.0 Å². The van der Waals surface area contributed by atoms with E-state index in [0.29, 0.717) is 30.0 Å². The molecule has 1 aliphatic rings. The van der Waals surface area contributed by atoms with Gasteiger partial charge in [-0.1, -0.05) is 30.3 Å². The molecular formula is C28H25F3N6O2. The van der Waals surface area contributed by atoms with Crippen molar-refractivity contribution >= 4 is 17.5 Å². The Morgan fingerprint density at radius 3 is 2.46 bits per heavy atom. The minimum Gasteiger partial charge on any atom is -0.339 e. The molecule has 0 radical (unpaired) electrons. The maximum absolute atomic E-state index is 13.4. The Morgan fingerprint density at radius 1 is 1.05 bits per heavy atom. The number of hydrogen-bond donors (Lipinski definition) is 2. The van der Waals surface area contributed by atoms with E-state index >= 15 is 0 Å². The van der Waals surface area contributed by atoms with Crippen LogP contribution in [0, 0.1) is 6.92 Å². The lowest BCUT2D eigenvalue weighted by Crippen LogP contribution is -2.38. The van der Waals surface area contributed by atoms with Gasteiger partial charge >= 0.3 is 6.18 Å². The van der Waals surface area contributed by atoms with Crippen molar-refractivity contribution in [3.05, 3.63) is 95.2 Å². The number of halogens is 3. The van der Waals surface area contributed by atoms with Gasteiger partial charge in [0.2, 0.25) is 0 Å². The molecule has 0 spiro atoms. The first kappa shape index (κ1) is 26.1. The summed E-state index contributed by atoms with van der Waals surface area (Å²) in [6, 6.07) is 13.8. The zero-order chi connectivity index (χ0) is 27.6. The first-order chi connectivity index (χ1) is 18.7. The van der Waals surface area contributed by atoms with Crippen LogP contribution in [0.1, 0.15) is 56.4 Å². The number of aromatic nitrogens is 4. The minimum atomic E-state index is -4.54. The van der Waals surface area contributed by atoms with E-state index < -0.39 is 17.6 Å². The fourth-order valence-corrected chi connectivity index (χ4v) is 4.75.